The van der Waals surface area contributed by atoms with Crippen molar-refractivity contribution in [3.63, 3.8) is 0 Å². The molecule has 1 fully saturated rings. The Labute approximate surface area is 88.6 Å². The van der Waals surface area contributed by atoms with Gasteiger partial charge in [0.2, 0.25) is 0 Å². The van der Waals surface area contributed by atoms with Gasteiger partial charge in [-0.25, -0.2) is 8.42 Å². The molecule has 15 heavy (non-hydrogen) atoms. The van der Waals surface area contributed by atoms with Crippen molar-refractivity contribution in [3.05, 3.63) is 29.8 Å². The highest BCUT2D eigenvalue weighted by molar-refractivity contribution is 7.91. The van der Waals surface area contributed by atoms with Gasteiger partial charge < -0.3 is 10.8 Å². The van der Waals surface area contributed by atoms with E-state index < -0.39 is 15.4 Å². The lowest BCUT2D eigenvalue weighted by Gasteiger charge is -2.21. The van der Waals surface area contributed by atoms with Gasteiger partial charge in [-0.05, 0) is 24.1 Å². The van der Waals surface area contributed by atoms with Gasteiger partial charge in [0.05, 0.1) is 11.5 Å². The second-order valence-electron chi connectivity index (χ2n) is 4.00. The molecule has 0 amide bonds. The number of sulfone groups is 1. The molecule has 0 aliphatic carbocycles. The van der Waals surface area contributed by atoms with Crippen LogP contribution in [0.5, 0.6) is 0 Å². The molecule has 2 rings (SSSR count). The van der Waals surface area contributed by atoms with Gasteiger partial charge in [-0.2, -0.15) is 0 Å². The van der Waals surface area contributed by atoms with Crippen molar-refractivity contribution >= 4 is 15.5 Å². The molecule has 1 aliphatic heterocycles. The van der Waals surface area contributed by atoms with E-state index in [4.69, 9.17) is 5.73 Å². The molecule has 0 aromatic heterocycles. The first-order valence-electron chi connectivity index (χ1n) is 4.70. The van der Waals surface area contributed by atoms with E-state index in [-0.39, 0.29) is 17.9 Å². The van der Waals surface area contributed by atoms with Crippen LogP contribution in [0.2, 0.25) is 0 Å². The zero-order chi connectivity index (χ0) is 11.1. The summed E-state index contributed by atoms with van der Waals surface area (Å²) in [6.07, 6.45) is 0.263. The summed E-state index contributed by atoms with van der Waals surface area (Å²) in [6.45, 7) is 0. The van der Waals surface area contributed by atoms with Gasteiger partial charge in [0, 0.05) is 5.69 Å². The summed E-state index contributed by atoms with van der Waals surface area (Å²) in [5.41, 5.74) is 5.52. The normalized spacial score (nSPS) is 29.1. The van der Waals surface area contributed by atoms with Crippen LogP contribution in [0.15, 0.2) is 24.3 Å². The molecule has 1 unspecified atom stereocenters. The molecule has 1 atom stereocenters. The lowest BCUT2D eigenvalue weighted by Crippen LogP contribution is -2.26. The van der Waals surface area contributed by atoms with Gasteiger partial charge in [0.1, 0.15) is 5.60 Å². The Hall–Kier alpha value is -1.07. The van der Waals surface area contributed by atoms with Crippen LogP contribution in [-0.2, 0) is 15.4 Å². The minimum atomic E-state index is -3.09. The predicted octanol–water partition coefficient (Wildman–Crippen LogP) is 0.275. The van der Waals surface area contributed by atoms with Crippen molar-refractivity contribution in [2.45, 2.75) is 12.0 Å². The first-order valence-corrected chi connectivity index (χ1v) is 6.52. The summed E-state index contributed by atoms with van der Waals surface area (Å²) in [7, 11) is -3.09. The van der Waals surface area contributed by atoms with Crippen LogP contribution >= 0.6 is 0 Å². The van der Waals surface area contributed by atoms with Crippen LogP contribution in [0, 0.1) is 0 Å². The maximum absolute atomic E-state index is 11.3. The van der Waals surface area contributed by atoms with Crippen LogP contribution in [-0.4, -0.2) is 25.0 Å². The van der Waals surface area contributed by atoms with E-state index in [9.17, 15) is 13.5 Å². The van der Waals surface area contributed by atoms with Gasteiger partial charge >= 0.3 is 0 Å². The topological polar surface area (TPSA) is 80.4 Å². The smallest absolute Gasteiger partial charge is 0.153 e. The molecule has 0 radical (unpaired) electrons. The quantitative estimate of drug-likeness (QED) is 0.675. The van der Waals surface area contributed by atoms with E-state index >= 15 is 0 Å². The number of aliphatic hydroxyl groups is 1. The summed E-state index contributed by atoms with van der Waals surface area (Å²) < 4.78 is 22.6. The number of rotatable bonds is 1. The lowest BCUT2D eigenvalue weighted by molar-refractivity contribution is 0.0653. The second kappa shape index (κ2) is 3.21. The minimum Gasteiger partial charge on any atom is -0.399 e. The molecule has 1 heterocycles. The van der Waals surface area contributed by atoms with Crippen molar-refractivity contribution in [1.29, 1.82) is 0 Å². The van der Waals surface area contributed by atoms with Gasteiger partial charge in [0.25, 0.3) is 0 Å². The molecule has 1 aromatic carbocycles. The maximum Gasteiger partial charge on any atom is 0.153 e. The zero-order valence-electron chi connectivity index (χ0n) is 8.18. The fourth-order valence-corrected chi connectivity index (χ4v) is 3.69. The Bertz CT molecular complexity index is 466. The number of hydrogen-bond acceptors (Lipinski definition) is 4. The maximum atomic E-state index is 11.3. The monoisotopic (exact) mass is 227 g/mol. The van der Waals surface area contributed by atoms with Crippen molar-refractivity contribution in [2.24, 2.45) is 0 Å². The molecule has 1 saturated heterocycles. The highest BCUT2D eigenvalue weighted by Crippen LogP contribution is 2.33. The number of nitrogens with two attached hydrogens (primary N) is 1. The van der Waals surface area contributed by atoms with E-state index in [2.05, 4.69) is 0 Å². The molecule has 0 saturated carbocycles. The Morgan fingerprint density at radius 1 is 1.27 bits per heavy atom. The Kier molecular flexibility index (Phi) is 2.24. The Balaban J connectivity index is 2.35. The van der Waals surface area contributed by atoms with E-state index in [0.29, 0.717) is 11.3 Å². The van der Waals surface area contributed by atoms with Crippen LogP contribution in [0.3, 0.4) is 0 Å². The predicted molar refractivity (Wildman–Crippen MR) is 58.0 cm³/mol. The van der Waals surface area contributed by atoms with Gasteiger partial charge in [0.15, 0.2) is 9.84 Å². The van der Waals surface area contributed by atoms with Gasteiger partial charge in [-0.1, -0.05) is 12.1 Å². The molecule has 1 aliphatic rings. The summed E-state index contributed by atoms with van der Waals surface area (Å²) in [5, 5.41) is 10.2. The third-order valence-corrected chi connectivity index (χ3v) is 4.48. The SMILES string of the molecule is Nc1ccc(C2(O)CCS(=O)(=O)C2)cc1. The molecule has 4 nitrogen and oxygen atoms in total. The van der Waals surface area contributed by atoms with Crippen molar-refractivity contribution < 1.29 is 13.5 Å². The summed E-state index contributed by atoms with van der Waals surface area (Å²) in [6, 6.07) is 6.68. The molecule has 82 valence electrons. The lowest BCUT2D eigenvalue weighted by atomic mass is 9.93. The number of anilines is 1. The summed E-state index contributed by atoms with van der Waals surface area (Å²) >= 11 is 0. The zero-order valence-corrected chi connectivity index (χ0v) is 9.00. The van der Waals surface area contributed by atoms with E-state index in [0.717, 1.165) is 0 Å². The molecule has 1 aromatic rings. The van der Waals surface area contributed by atoms with Crippen molar-refractivity contribution in [1.82, 2.24) is 0 Å². The average Bonchev–Trinajstić information content (AvgIpc) is 2.43. The summed E-state index contributed by atoms with van der Waals surface area (Å²) in [5.74, 6) is -0.141. The largest absolute Gasteiger partial charge is 0.399 e. The van der Waals surface area contributed by atoms with Crippen LogP contribution < -0.4 is 5.73 Å². The fourth-order valence-electron chi connectivity index (χ4n) is 1.85. The molecular formula is C10H13NO3S. The molecule has 0 spiro atoms. The minimum absolute atomic E-state index is 0.0495. The first-order chi connectivity index (χ1) is 6.91. The van der Waals surface area contributed by atoms with Crippen LogP contribution in [0.4, 0.5) is 5.69 Å². The third-order valence-electron chi connectivity index (χ3n) is 2.73. The van der Waals surface area contributed by atoms with E-state index in [1.54, 1.807) is 24.3 Å². The van der Waals surface area contributed by atoms with E-state index in [1.165, 1.54) is 0 Å². The molecule has 5 heteroatoms. The van der Waals surface area contributed by atoms with Crippen molar-refractivity contribution in [3.8, 4) is 0 Å². The molecule has 0 bridgehead atoms. The fraction of sp³-hybridized carbons (Fsp3) is 0.400. The number of benzene rings is 1. The summed E-state index contributed by atoms with van der Waals surface area (Å²) in [4.78, 5) is 0. The van der Waals surface area contributed by atoms with E-state index in [1.807, 2.05) is 0 Å². The molecular weight excluding hydrogens is 214 g/mol. The third kappa shape index (κ3) is 1.98. The van der Waals surface area contributed by atoms with Crippen LogP contribution in [0.1, 0.15) is 12.0 Å². The van der Waals surface area contributed by atoms with Crippen LogP contribution in [0.25, 0.3) is 0 Å². The highest BCUT2D eigenvalue weighted by Gasteiger charge is 2.41. The Morgan fingerprint density at radius 2 is 1.87 bits per heavy atom. The van der Waals surface area contributed by atoms with Gasteiger partial charge in [-0.15, -0.1) is 0 Å². The Morgan fingerprint density at radius 3 is 2.33 bits per heavy atom. The first kappa shape index (κ1) is 10.4. The highest BCUT2D eigenvalue weighted by atomic mass is 32.2. The molecule has 3 N–H and O–H groups in total. The van der Waals surface area contributed by atoms with Crippen molar-refractivity contribution in [2.75, 3.05) is 17.2 Å². The number of nitrogen functional groups attached to an aromatic ring is 1. The standard InChI is InChI=1S/C10H13NO3S/c11-9-3-1-8(2-4-9)10(12)5-6-15(13,14)7-10/h1-4,12H,5-7,11H2. The average molecular weight is 227 g/mol. The second-order valence-corrected chi connectivity index (χ2v) is 6.18. The number of hydrogen-bond donors (Lipinski definition) is 2. The van der Waals surface area contributed by atoms with Gasteiger partial charge in [-0.3, -0.25) is 0 Å².